The van der Waals surface area contributed by atoms with Crippen molar-refractivity contribution in [1.29, 1.82) is 0 Å². The lowest BCUT2D eigenvalue weighted by atomic mass is 9.64. The molecule has 21 heavy (non-hydrogen) atoms. The molecule has 1 aromatic carbocycles. The summed E-state index contributed by atoms with van der Waals surface area (Å²) in [6.45, 7) is 8.08. The van der Waals surface area contributed by atoms with Crippen molar-refractivity contribution in [3.63, 3.8) is 0 Å². The summed E-state index contributed by atoms with van der Waals surface area (Å²) in [5.74, 6) is 1.97. The van der Waals surface area contributed by atoms with Gasteiger partial charge in [-0.05, 0) is 74.1 Å². The van der Waals surface area contributed by atoms with E-state index < -0.39 is 0 Å². The van der Waals surface area contributed by atoms with Crippen molar-refractivity contribution in [2.24, 2.45) is 23.2 Å². The van der Waals surface area contributed by atoms with E-state index in [1.165, 1.54) is 19.3 Å². The van der Waals surface area contributed by atoms with Crippen LogP contribution in [0.25, 0.3) is 0 Å². The Hall–Kier alpha value is -0.890. The van der Waals surface area contributed by atoms with E-state index in [9.17, 15) is 4.39 Å². The van der Waals surface area contributed by atoms with Crippen LogP contribution in [0.3, 0.4) is 0 Å². The minimum Gasteiger partial charge on any atom is -0.319 e. The molecule has 2 heteroatoms. The van der Waals surface area contributed by atoms with E-state index in [-0.39, 0.29) is 5.82 Å². The van der Waals surface area contributed by atoms with Gasteiger partial charge in [0.1, 0.15) is 5.82 Å². The van der Waals surface area contributed by atoms with Crippen LogP contribution in [0.1, 0.15) is 45.6 Å². The van der Waals surface area contributed by atoms with Crippen molar-refractivity contribution in [3.05, 3.63) is 35.6 Å². The zero-order valence-electron chi connectivity index (χ0n) is 14.0. The van der Waals surface area contributed by atoms with Crippen LogP contribution in [0.4, 0.5) is 4.39 Å². The molecule has 1 fully saturated rings. The fraction of sp³-hybridized carbons (Fsp3) is 0.684. The van der Waals surface area contributed by atoms with E-state index >= 15 is 0 Å². The van der Waals surface area contributed by atoms with Gasteiger partial charge in [0.2, 0.25) is 0 Å². The molecule has 1 nitrogen and oxygen atoms in total. The summed E-state index contributed by atoms with van der Waals surface area (Å²) < 4.78 is 14.0. The second-order valence-electron chi connectivity index (χ2n) is 7.75. The molecule has 1 aliphatic carbocycles. The van der Waals surface area contributed by atoms with Crippen LogP contribution in [0.15, 0.2) is 24.3 Å². The Kier molecular flexibility index (Phi) is 5.43. The number of halogens is 1. The van der Waals surface area contributed by atoms with Crippen molar-refractivity contribution < 1.29 is 4.39 Å². The van der Waals surface area contributed by atoms with E-state index in [4.69, 9.17) is 0 Å². The van der Waals surface area contributed by atoms with Gasteiger partial charge < -0.3 is 5.32 Å². The molecule has 3 unspecified atom stereocenters. The highest BCUT2D eigenvalue weighted by Crippen LogP contribution is 2.43. The molecule has 0 bridgehead atoms. The first-order chi connectivity index (χ1) is 9.91. The molecular formula is C19H30FN. The predicted octanol–water partition coefficient (Wildman–Crippen LogP) is 4.67. The molecule has 0 aromatic heterocycles. The highest BCUT2D eigenvalue weighted by molar-refractivity contribution is 5.18. The van der Waals surface area contributed by atoms with Crippen molar-refractivity contribution in [1.82, 2.24) is 5.32 Å². The molecule has 0 radical (unpaired) electrons. The summed E-state index contributed by atoms with van der Waals surface area (Å²) in [5, 5.41) is 3.33. The lowest BCUT2D eigenvalue weighted by Crippen LogP contribution is -2.37. The molecule has 0 amide bonds. The highest BCUT2D eigenvalue weighted by Gasteiger charge is 2.35. The van der Waals surface area contributed by atoms with Crippen LogP contribution in [0.5, 0.6) is 0 Å². The molecule has 1 N–H and O–H groups in total. The maximum absolute atomic E-state index is 14.0. The Balaban J connectivity index is 2.12. The topological polar surface area (TPSA) is 12.0 Å². The van der Waals surface area contributed by atoms with Crippen LogP contribution in [-0.2, 0) is 6.42 Å². The minimum absolute atomic E-state index is 0.0430. The van der Waals surface area contributed by atoms with Gasteiger partial charge in [0.25, 0.3) is 0 Å². The molecule has 118 valence electrons. The minimum atomic E-state index is -0.0430. The molecule has 0 spiro atoms. The van der Waals surface area contributed by atoms with Crippen LogP contribution in [-0.4, -0.2) is 13.6 Å². The fourth-order valence-electron chi connectivity index (χ4n) is 3.84. The Bertz CT molecular complexity index is 449. The quantitative estimate of drug-likeness (QED) is 0.850. The van der Waals surface area contributed by atoms with Gasteiger partial charge in [-0.25, -0.2) is 4.39 Å². The van der Waals surface area contributed by atoms with Crippen LogP contribution < -0.4 is 5.32 Å². The summed E-state index contributed by atoms with van der Waals surface area (Å²) >= 11 is 0. The lowest BCUT2D eigenvalue weighted by molar-refractivity contribution is 0.0976. The second kappa shape index (κ2) is 6.91. The summed E-state index contributed by atoms with van der Waals surface area (Å²) in [5.41, 5.74) is 1.25. The molecule has 3 atom stereocenters. The number of benzene rings is 1. The summed E-state index contributed by atoms with van der Waals surface area (Å²) in [4.78, 5) is 0. The Morgan fingerprint density at radius 1 is 1.14 bits per heavy atom. The summed E-state index contributed by atoms with van der Waals surface area (Å²) in [7, 11) is 2.02. The van der Waals surface area contributed by atoms with Gasteiger partial charge in [0.15, 0.2) is 0 Å². The van der Waals surface area contributed by atoms with Gasteiger partial charge in [-0.15, -0.1) is 0 Å². The third kappa shape index (κ3) is 4.29. The van der Waals surface area contributed by atoms with E-state index in [2.05, 4.69) is 26.1 Å². The SMILES string of the molecule is CNCC1CCC(C(C)(C)C)CC1Cc1ccccc1F. The summed E-state index contributed by atoms with van der Waals surface area (Å²) in [6.07, 6.45) is 4.68. The van der Waals surface area contributed by atoms with Gasteiger partial charge in [0, 0.05) is 0 Å². The van der Waals surface area contributed by atoms with Gasteiger partial charge >= 0.3 is 0 Å². The van der Waals surface area contributed by atoms with Crippen molar-refractivity contribution in [3.8, 4) is 0 Å². The molecule has 0 heterocycles. The van der Waals surface area contributed by atoms with Gasteiger partial charge in [-0.1, -0.05) is 39.0 Å². The highest BCUT2D eigenvalue weighted by atomic mass is 19.1. The fourth-order valence-corrected chi connectivity index (χ4v) is 3.84. The normalized spacial score (nSPS) is 26.8. The van der Waals surface area contributed by atoms with Crippen molar-refractivity contribution in [2.75, 3.05) is 13.6 Å². The van der Waals surface area contributed by atoms with Crippen LogP contribution in [0, 0.1) is 29.0 Å². The Morgan fingerprint density at radius 2 is 1.86 bits per heavy atom. The maximum atomic E-state index is 14.0. The van der Waals surface area contributed by atoms with E-state index in [1.54, 1.807) is 12.1 Å². The van der Waals surface area contributed by atoms with Crippen molar-refractivity contribution in [2.45, 2.75) is 46.5 Å². The maximum Gasteiger partial charge on any atom is 0.126 e. The zero-order chi connectivity index (χ0) is 15.5. The molecular weight excluding hydrogens is 261 g/mol. The molecule has 0 aliphatic heterocycles. The first-order valence-corrected chi connectivity index (χ1v) is 8.29. The number of hydrogen-bond acceptors (Lipinski definition) is 1. The standard InChI is InChI=1S/C19H30FN/c1-19(2,3)17-10-9-15(13-21-4)16(12-17)11-14-7-5-6-8-18(14)20/h5-8,15-17,21H,9-13H2,1-4H3. The average molecular weight is 291 g/mol. The number of nitrogens with one attached hydrogen (secondary N) is 1. The number of hydrogen-bond donors (Lipinski definition) is 1. The molecule has 0 saturated heterocycles. The first kappa shape index (κ1) is 16.5. The van der Waals surface area contributed by atoms with Gasteiger partial charge in [0.05, 0.1) is 0 Å². The third-order valence-corrected chi connectivity index (χ3v) is 5.27. The number of rotatable bonds is 4. The van der Waals surface area contributed by atoms with Gasteiger partial charge in [-0.3, -0.25) is 0 Å². The van der Waals surface area contributed by atoms with E-state index in [0.29, 0.717) is 17.3 Å². The predicted molar refractivity (Wildman–Crippen MR) is 87.8 cm³/mol. The van der Waals surface area contributed by atoms with Crippen LogP contribution in [0.2, 0.25) is 0 Å². The third-order valence-electron chi connectivity index (χ3n) is 5.27. The van der Waals surface area contributed by atoms with Gasteiger partial charge in [-0.2, -0.15) is 0 Å². The molecule has 2 rings (SSSR count). The second-order valence-corrected chi connectivity index (χ2v) is 7.75. The first-order valence-electron chi connectivity index (χ1n) is 8.29. The molecule has 1 aromatic rings. The van der Waals surface area contributed by atoms with Crippen molar-refractivity contribution >= 4 is 0 Å². The Labute approximate surface area is 129 Å². The smallest absolute Gasteiger partial charge is 0.126 e. The molecule has 1 saturated carbocycles. The molecule has 1 aliphatic rings. The van der Waals surface area contributed by atoms with Crippen LogP contribution >= 0.6 is 0 Å². The largest absolute Gasteiger partial charge is 0.319 e. The average Bonchev–Trinajstić information content (AvgIpc) is 2.42. The summed E-state index contributed by atoms with van der Waals surface area (Å²) in [6, 6.07) is 7.28. The lowest BCUT2D eigenvalue weighted by Gasteiger charge is -2.42. The van der Waals surface area contributed by atoms with E-state index in [1.807, 2.05) is 19.2 Å². The van der Waals surface area contributed by atoms with E-state index in [0.717, 1.165) is 24.4 Å². The Morgan fingerprint density at radius 3 is 2.48 bits per heavy atom. The zero-order valence-corrected chi connectivity index (χ0v) is 14.0. The monoisotopic (exact) mass is 291 g/mol.